The van der Waals surface area contributed by atoms with Crippen LogP contribution in [0.5, 0.6) is 5.88 Å². The van der Waals surface area contributed by atoms with Crippen LogP contribution in [0.1, 0.15) is 35.2 Å². The molecule has 1 atom stereocenters. The average molecular weight is 638 g/mol. The molecule has 0 aliphatic heterocycles. The third kappa shape index (κ3) is 6.30. The van der Waals surface area contributed by atoms with Crippen molar-refractivity contribution in [3.8, 4) is 28.4 Å². The summed E-state index contributed by atoms with van der Waals surface area (Å²) in [5.41, 5.74) is 1.19. The van der Waals surface area contributed by atoms with Crippen molar-refractivity contribution in [2.24, 2.45) is 20.0 Å². The van der Waals surface area contributed by atoms with E-state index in [-0.39, 0.29) is 16.3 Å². The fraction of sp³-hybridized carbons (Fsp3) is 0.290. The van der Waals surface area contributed by atoms with Crippen molar-refractivity contribution in [2.75, 3.05) is 19.0 Å². The maximum Gasteiger partial charge on any atom is 0.330 e. The fourth-order valence-corrected chi connectivity index (χ4v) is 5.79. The van der Waals surface area contributed by atoms with Gasteiger partial charge in [0.25, 0.3) is 11.5 Å². The van der Waals surface area contributed by atoms with E-state index in [1.165, 1.54) is 27.4 Å². The normalized spacial score (nSPS) is 14.6. The number of hydrogen-bond donors (Lipinski definition) is 2. The van der Waals surface area contributed by atoms with Crippen molar-refractivity contribution in [3.05, 3.63) is 90.8 Å². The zero-order valence-electron chi connectivity index (χ0n) is 24.3. The predicted molar refractivity (Wildman–Crippen MR) is 168 cm³/mol. The molecule has 2 heterocycles. The molecule has 13 heteroatoms. The van der Waals surface area contributed by atoms with Crippen molar-refractivity contribution in [3.63, 3.8) is 0 Å². The first kappa shape index (κ1) is 31.1. The maximum absolute atomic E-state index is 13.0. The molecule has 0 radical (unpaired) electrons. The second-order valence-electron chi connectivity index (χ2n) is 10.6. The van der Waals surface area contributed by atoms with Gasteiger partial charge in [-0.05, 0) is 31.0 Å². The maximum atomic E-state index is 13.0. The number of aryl methyl sites for hydroxylation is 1. The number of Topliss-reactive ketones (excluding diaryl/α,β-unsaturated/α-hetero) is 1. The summed E-state index contributed by atoms with van der Waals surface area (Å²) in [4.78, 5) is 58.3. The predicted octanol–water partition coefficient (Wildman–Crippen LogP) is 4.23. The van der Waals surface area contributed by atoms with Gasteiger partial charge in [0.1, 0.15) is 11.3 Å². The summed E-state index contributed by atoms with van der Waals surface area (Å²) < 4.78 is 7.56. The molecule has 0 saturated heterocycles. The summed E-state index contributed by atoms with van der Waals surface area (Å²) in [5.74, 6) is 0.692. The molecule has 1 fully saturated rings. The van der Waals surface area contributed by atoms with Crippen LogP contribution >= 0.6 is 23.2 Å². The lowest BCUT2D eigenvalue weighted by Crippen LogP contribution is -2.40. The molecular formula is C31H30Cl2N6O5. The number of carbonyl (C=O) groups is 2. The molecule has 2 aromatic carbocycles. The number of benzene rings is 2. The van der Waals surface area contributed by atoms with Gasteiger partial charge in [-0.15, -0.1) is 0 Å². The number of amides is 1. The number of nitrogens with one attached hydrogen (secondary N) is 2. The number of methoxy groups -OCH3 is 1. The number of halogens is 2. The summed E-state index contributed by atoms with van der Waals surface area (Å²) in [6.07, 6.45) is 5.04. The molecule has 228 valence electrons. The summed E-state index contributed by atoms with van der Waals surface area (Å²) in [7, 11) is 4.29. The lowest BCUT2D eigenvalue weighted by atomic mass is 10.0. The van der Waals surface area contributed by atoms with Gasteiger partial charge in [0.05, 0.1) is 22.8 Å². The highest BCUT2D eigenvalue weighted by molar-refractivity contribution is 6.39. The first-order valence-corrected chi connectivity index (χ1v) is 14.6. The third-order valence-corrected chi connectivity index (χ3v) is 8.40. The Hall–Kier alpha value is -4.32. The Labute approximate surface area is 262 Å². The highest BCUT2D eigenvalue weighted by Gasteiger charge is 2.22. The number of hydrogen-bond acceptors (Lipinski definition) is 8. The number of aromatic nitrogens is 4. The molecule has 1 aliphatic carbocycles. The summed E-state index contributed by atoms with van der Waals surface area (Å²) in [6.45, 7) is 1.22. The van der Waals surface area contributed by atoms with E-state index >= 15 is 0 Å². The van der Waals surface area contributed by atoms with Gasteiger partial charge in [0, 0.05) is 68.1 Å². The van der Waals surface area contributed by atoms with Crippen LogP contribution in [0, 0.1) is 5.92 Å². The second-order valence-corrected chi connectivity index (χ2v) is 11.4. The van der Waals surface area contributed by atoms with Crippen molar-refractivity contribution in [1.29, 1.82) is 0 Å². The molecule has 44 heavy (non-hydrogen) atoms. The third-order valence-electron chi connectivity index (χ3n) is 7.58. The molecule has 0 spiro atoms. The van der Waals surface area contributed by atoms with Gasteiger partial charge in [0.2, 0.25) is 5.88 Å². The van der Waals surface area contributed by atoms with Gasteiger partial charge in [-0.25, -0.2) is 9.78 Å². The standard InChI is InChI=1S/C31H30Cl2N6O5/c1-38-16-23(30(42)39(2)31(38)43)28(41)36-24-9-5-7-21(26(24)33)20-6-4-8-22(25(20)32)27-35-15-18(29(37-27)44-3)14-34-13-17-10-11-19(40)12-17/h4-9,15-17,34H,10-14H2,1-3H3,(H,36,41)/t17-/m1/s1. The van der Waals surface area contributed by atoms with Crippen LogP contribution in [-0.2, 0) is 25.4 Å². The van der Waals surface area contributed by atoms with Crippen LogP contribution in [0.15, 0.2) is 58.4 Å². The molecule has 1 aliphatic rings. The number of nitrogens with zero attached hydrogens (tertiary/aromatic N) is 4. The van der Waals surface area contributed by atoms with E-state index in [0.717, 1.165) is 27.7 Å². The molecule has 0 bridgehead atoms. The number of rotatable bonds is 9. The Kier molecular flexibility index (Phi) is 9.28. The Morgan fingerprint density at radius 2 is 1.75 bits per heavy atom. The first-order chi connectivity index (χ1) is 21.1. The van der Waals surface area contributed by atoms with Gasteiger partial charge >= 0.3 is 5.69 Å². The Morgan fingerprint density at radius 3 is 2.45 bits per heavy atom. The quantitative estimate of drug-likeness (QED) is 0.278. The van der Waals surface area contributed by atoms with Crippen molar-refractivity contribution < 1.29 is 14.3 Å². The number of carbonyl (C=O) groups excluding carboxylic acids is 2. The van der Waals surface area contributed by atoms with E-state index in [2.05, 4.69) is 20.6 Å². The van der Waals surface area contributed by atoms with E-state index < -0.39 is 17.2 Å². The smallest absolute Gasteiger partial charge is 0.330 e. The van der Waals surface area contributed by atoms with Crippen LogP contribution in [0.25, 0.3) is 22.5 Å². The summed E-state index contributed by atoms with van der Waals surface area (Å²) >= 11 is 13.7. The van der Waals surface area contributed by atoms with Crippen LogP contribution in [0.4, 0.5) is 5.69 Å². The average Bonchev–Trinajstić information content (AvgIpc) is 3.44. The van der Waals surface area contributed by atoms with Gasteiger partial charge in [-0.2, -0.15) is 4.98 Å². The number of ketones is 1. The molecule has 2 aromatic heterocycles. The first-order valence-electron chi connectivity index (χ1n) is 13.9. The number of ether oxygens (including phenoxy) is 1. The fourth-order valence-electron chi connectivity index (χ4n) is 5.20. The Balaban J connectivity index is 1.40. The summed E-state index contributed by atoms with van der Waals surface area (Å²) in [6, 6.07) is 10.4. The molecule has 5 rings (SSSR count). The second kappa shape index (κ2) is 13.1. The zero-order chi connectivity index (χ0) is 31.5. The van der Waals surface area contributed by atoms with E-state index in [9.17, 15) is 19.2 Å². The van der Waals surface area contributed by atoms with Crippen molar-refractivity contribution in [1.82, 2.24) is 24.4 Å². The van der Waals surface area contributed by atoms with E-state index in [1.807, 2.05) is 0 Å². The minimum absolute atomic E-state index is 0.199. The van der Waals surface area contributed by atoms with Gasteiger partial charge in [-0.1, -0.05) is 47.5 Å². The minimum Gasteiger partial charge on any atom is -0.481 e. The topological polar surface area (TPSA) is 137 Å². The Bertz CT molecular complexity index is 1890. The van der Waals surface area contributed by atoms with E-state index in [0.29, 0.717) is 64.5 Å². The minimum atomic E-state index is -0.726. The van der Waals surface area contributed by atoms with E-state index in [1.54, 1.807) is 42.6 Å². The van der Waals surface area contributed by atoms with Gasteiger partial charge < -0.3 is 19.9 Å². The van der Waals surface area contributed by atoms with Crippen molar-refractivity contribution >= 4 is 40.6 Å². The van der Waals surface area contributed by atoms with Crippen molar-refractivity contribution in [2.45, 2.75) is 25.8 Å². The molecule has 4 aromatic rings. The molecule has 11 nitrogen and oxygen atoms in total. The number of anilines is 1. The van der Waals surface area contributed by atoms with Crippen LogP contribution in [0.3, 0.4) is 0 Å². The highest BCUT2D eigenvalue weighted by atomic mass is 35.5. The van der Waals surface area contributed by atoms with Crippen LogP contribution < -0.4 is 26.6 Å². The highest BCUT2D eigenvalue weighted by Crippen LogP contribution is 2.41. The Morgan fingerprint density at radius 1 is 1.05 bits per heavy atom. The molecule has 1 saturated carbocycles. The molecular weight excluding hydrogens is 607 g/mol. The van der Waals surface area contributed by atoms with Crippen LogP contribution in [0.2, 0.25) is 10.0 Å². The SMILES string of the molecule is COc1nc(-c2cccc(-c3cccc(NC(=O)c4cn(C)c(=O)n(C)c4=O)c3Cl)c2Cl)ncc1CNC[C@@H]1CCC(=O)C1. The van der Waals surface area contributed by atoms with E-state index in [4.69, 9.17) is 27.9 Å². The van der Waals surface area contributed by atoms with Gasteiger partial charge in [-0.3, -0.25) is 19.0 Å². The lowest BCUT2D eigenvalue weighted by Gasteiger charge is -2.15. The largest absolute Gasteiger partial charge is 0.481 e. The molecule has 1 amide bonds. The van der Waals surface area contributed by atoms with Crippen LogP contribution in [-0.4, -0.2) is 44.4 Å². The monoisotopic (exact) mass is 636 g/mol. The molecule has 2 N–H and O–H groups in total. The lowest BCUT2D eigenvalue weighted by molar-refractivity contribution is -0.117. The molecule has 0 unspecified atom stereocenters. The summed E-state index contributed by atoms with van der Waals surface area (Å²) in [5, 5.41) is 6.57. The zero-order valence-corrected chi connectivity index (χ0v) is 25.8. The van der Waals surface area contributed by atoms with Gasteiger partial charge in [0.15, 0.2) is 5.82 Å².